The molecule has 1 atom stereocenters. The summed E-state index contributed by atoms with van der Waals surface area (Å²) in [5, 5.41) is 0. The van der Waals surface area contributed by atoms with Gasteiger partial charge in [0.05, 0.1) is 0 Å². The Morgan fingerprint density at radius 1 is 1.38 bits per heavy atom. The first-order valence-corrected chi connectivity index (χ1v) is 7.77. The topological polar surface area (TPSA) is 25.8 Å². The van der Waals surface area contributed by atoms with E-state index in [1.165, 1.54) is 10.1 Å². The monoisotopic (exact) mass is 331 g/mol. The Morgan fingerprint density at radius 2 is 2.06 bits per heavy atom. The first kappa shape index (κ1) is 13.6. The zero-order chi connectivity index (χ0) is 12.2. The molecule has 90 valence electrons. The molecule has 1 aromatic rings. The fourth-order valence-corrected chi connectivity index (χ4v) is 4.76. The van der Waals surface area contributed by atoms with E-state index in [0.29, 0.717) is 3.42 Å². The van der Waals surface area contributed by atoms with Gasteiger partial charge in [-0.1, -0.05) is 0 Å². The molecule has 0 N–H and O–H groups in total. The number of halogens is 1. The van der Waals surface area contributed by atoms with Crippen molar-refractivity contribution >= 4 is 0 Å². The SMILES string of the molecule is C/C=C\C(C)(CC)[I-]c1cc(C)nc(C)n1. The number of allylic oxidation sites excluding steroid dienone is 2. The van der Waals surface area contributed by atoms with Crippen molar-refractivity contribution in [2.75, 3.05) is 0 Å². The molecule has 0 amide bonds. The van der Waals surface area contributed by atoms with Gasteiger partial charge in [0, 0.05) is 0 Å². The average molecular weight is 331 g/mol. The van der Waals surface area contributed by atoms with Crippen molar-refractivity contribution in [3.05, 3.63) is 33.4 Å². The van der Waals surface area contributed by atoms with Crippen LogP contribution in [-0.2, 0) is 0 Å². The molecule has 2 nitrogen and oxygen atoms in total. The summed E-state index contributed by atoms with van der Waals surface area (Å²) in [5.41, 5.74) is 1.08. The number of hydrogen-bond acceptors (Lipinski definition) is 2. The molecular formula is C13H20IN2-. The predicted molar refractivity (Wildman–Crippen MR) is 63.7 cm³/mol. The van der Waals surface area contributed by atoms with Crippen molar-refractivity contribution in [1.82, 2.24) is 9.97 Å². The molecule has 0 aliphatic rings. The van der Waals surface area contributed by atoms with Crippen LogP contribution in [0.25, 0.3) is 0 Å². The zero-order valence-corrected chi connectivity index (χ0v) is 12.9. The van der Waals surface area contributed by atoms with E-state index in [2.05, 4.69) is 49.0 Å². The van der Waals surface area contributed by atoms with Crippen LogP contribution in [0.2, 0.25) is 0 Å². The maximum atomic E-state index is 4.55. The first-order chi connectivity index (χ1) is 7.49. The molecule has 0 saturated carbocycles. The van der Waals surface area contributed by atoms with Crippen LogP contribution in [0, 0.1) is 17.5 Å². The molecule has 3 heteroatoms. The normalized spacial score (nSPS) is 15.6. The molecule has 0 fully saturated rings. The van der Waals surface area contributed by atoms with Gasteiger partial charge in [-0.05, 0) is 0 Å². The number of aryl methyl sites for hydroxylation is 2. The van der Waals surface area contributed by atoms with Crippen LogP contribution in [-0.4, -0.2) is 13.4 Å². The Morgan fingerprint density at radius 3 is 2.56 bits per heavy atom. The Kier molecular flexibility index (Phi) is 4.89. The van der Waals surface area contributed by atoms with E-state index >= 15 is 0 Å². The molecule has 1 rings (SSSR count). The van der Waals surface area contributed by atoms with Gasteiger partial charge in [-0.2, -0.15) is 0 Å². The van der Waals surface area contributed by atoms with Crippen molar-refractivity contribution in [2.24, 2.45) is 0 Å². The fraction of sp³-hybridized carbons (Fsp3) is 0.538. The van der Waals surface area contributed by atoms with Crippen molar-refractivity contribution in [3.8, 4) is 0 Å². The number of hydrogen-bond donors (Lipinski definition) is 0. The van der Waals surface area contributed by atoms with Crippen LogP contribution >= 0.6 is 0 Å². The predicted octanol–water partition coefficient (Wildman–Crippen LogP) is 0.0968. The van der Waals surface area contributed by atoms with E-state index in [9.17, 15) is 0 Å². The molecular weight excluding hydrogens is 311 g/mol. The van der Waals surface area contributed by atoms with Crippen LogP contribution < -0.4 is 21.2 Å². The molecule has 0 radical (unpaired) electrons. The van der Waals surface area contributed by atoms with Gasteiger partial charge in [0.1, 0.15) is 0 Å². The Bertz CT molecular complexity index is 367. The van der Waals surface area contributed by atoms with Crippen LogP contribution in [0.4, 0.5) is 0 Å². The minimum atomic E-state index is -0.101. The van der Waals surface area contributed by atoms with E-state index in [0.717, 1.165) is 11.5 Å². The molecule has 1 heterocycles. The molecule has 0 saturated heterocycles. The van der Waals surface area contributed by atoms with Crippen molar-refractivity contribution in [2.45, 2.75) is 44.5 Å². The summed E-state index contributed by atoms with van der Waals surface area (Å²) in [5.74, 6) is 0.897. The summed E-state index contributed by atoms with van der Waals surface area (Å²) in [4.78, 5) is 8.88. The van der Waals surface area contributed by atoms with Gasteiger partial charge in [-0.3, -0.25) is 0 Å². The summed E-state index contributed by atoms with van der Waals surface area (Å²) < 4.78 is 1.58. The summed E-state index contributed by atoms with van der Waals surface area (Å²) >= 11 is -0.101. The molecule has 0 aromatic carbocycles. The van der Waals surface area contributed by atoms with Gasteiger partial charge in [-0.25, -0.2) is 0 Å². The second kappa shape index (κ2) is 5.75. The fourth-order valence-electron chi connectivity index (χ4n) is 1.50. The standard InChI is InChI=1S/C13H20IN2/c1-6-8-13(5,7-2)14-12-9-10(3)15-11(4)16-12/h6,8-9H,7H2,1-5H3/q-1/b8-6-. The average Bonchev–Trinajstić information content (AvgIpc) is 2.16. The van der Waals surface area contributed by atoms with E-state index in [1.807, 2.05) is 13.8 Å². The summed E-state index contributed by atoms with van der Waals surface area (Å²) in [6.07, 6.45) is 5.66. The van der Waals surface area contributed by atoms with Crippen LogP contribution in [0.1, 0.15) is 38.7 Å². The maximum absolute atomic E-state index is 4.55. The third-order valence-electron chi connectivity index (χ3n) is 2.45. The van der Waals surface area contributed by atoms with Gasteiger partial charge in [0.15, 0.2) is 0 Å². The summed E-state index contributed by atoms with van der Waals surface area (Å²) in [6, 6.07) is 2.14. The second-order valence-electron chi connectivity index (χ2n) is 4.11. The van der Waals surface area contributed by atoms with Gasteiger partial charge in [0.2, 0.25) is 0 Å². The molecule has 0 spiro atoms. The Balaban J connectivity index is 2.94. The Hall–Kier alpha value is -0.450. The third-order valence-corrected chi connectivity index (χ3v) is 5.91. The summed E-state index contributed by atoms with van der Waals surface area (Å²) in [6.45, 7) is 10.7. The summed E-state index contributed by atoms with van der Waals surface area (Å²) in [7, 11) is 0. The second-order valence-corrected chi connectivity index (χ2v) is 8.21. The van der Waals surface area contributed by atoms with E-state index in [1.54, 1.807) is 0 Å². The molecule has 0 aliphatic carbocycles. The number of rotatable bonds is 4. The van der Waals surface area contributed by atoms with Crippen molar-refractivity contribution in [3.63, 3.8) is 0 Å². The zero-order valence-electron chi connectivity index (χ0n) is 10.7. The van der Waals surface area contributed by atoms with Crippen molar-refractivity contribution in [1.29, 1.82) is 0 Å². The quantitative estimate of drug-likeness (QED) is 0.338. The molecule has 1 unspecified atom stereocenters. The van der Waals surface area contributed by atoms with Gasteiger partial charge >= 0.3 is 109 Å². The van der Waals surface area contributed by atoms with Crippen molar-refractivity contribution < 1.29 is 21.2 Å². The number of aromatic nitrogens is 2. The van der Waals surface area contributed by atoms with Gasteiger partial charge in [-0.15, -0.1) is 0 Å². The van der Waals surface area contributed by atoms with Gasteiger partial charge < -0.3 is 0 Å². The van der Waals surface area contributed by atoms with E-state index in [-0.39, 0.29) is 21.2 Å². The number of nitrogens with zero attached hydrogens (tertiary/aromatic N) is 2. The number of alkyl halides is 1. The van der Waals surface area contributed by atoms with E-state index < -0.39 is 0 Å². The van der Waals surface area contributed by atoms with Crippen LogP contribution in [0.3, 0.4) is 0 Å². The molecule has 1 aromatic heterocycles. The molecule has 16 heavy (non-hydrogen) atoms. The van der Waals surface area contributed by atoms with Crippen LogP contribution in [0.5, 0.6) is 0 Å². The van der Waals surface area contributed by atoms with Gasteiger partial charge in [0.25, 0.3) is 0 Å². The Labute approximate surface area is 109 Å². The first-order valence-electron chi connectivity index (χ1n) is 5.61. The van der Waals surface area contributed by atoms with Crippen LogP contribution in [0.15, 0.2) is 18.2 Å². The molecule has 0 bridgehead atoms. The van der Waals surface area contributed by atoms with E-state index in [4.69, 9.17) is 0 Å². The minimum absolute atomic E-state index is 0.101. The third kappa shape index (κ3) is 3.85. The molecule has 0 aliphatic heterocycles.